The number of methoxy groups -OCH3 is 1. The smallest absolute Gasteiger partial charge is 0.320 e. The van der Waals surface area contributed by atoms with Crippen molar-refractivity contribution in [3.63, 3.8) is 0 Å². The molecule has 2 amide bonds. The van der Waals surface area contributed by atoms with Crippen LogP contribution in [-0.2, 0) is 41.7 Å². The fourth-order valence-corrected chi connectivity index (χ4v) is 6.89. The Balaban J connectivity index is 1.40. The molecule has 4 atom stereocenters. The van der Waals surface area contributed by atoms with E-state index in [1.54, 1.807) is 4.90 Å². The summed E-state index contributed by atoms with van der Waals surface area (Å²) in [6, 6.07) is 19.6. The minimum Gasteiger partial charge on any atom is -0.468 e. The van der Waals surface area contributed by atoms with Crippen LogP contribution in [0.1, 0.15) is 63.0 Å². The van der Waals surface area contributed by atoms with Crippen molar-refractivity contribution in [1.82, 2.24) is 10.2 Å². The molecule has 2 fully saturated rings. The van der Waals surface area contributed by atoms with Crippen LogP contribution in [0.4, 0.5) is 0 Å². The van der Waals surface area contributed by atoms with E-state index in [1.165, 1.54) is 26.4 Å². The van der Waals surface area contributed by atoms with Gasteiger partial charge >= 0.3 is 5.97 Å². The Morgan fingerprint density at radius 2 is 1.67 bits per heavy atom. The molecular weight excluding hydrogens is 544 g/mol. The number of amides is 2. The molecule has 0 spiro atoms. The predicted molar refractivity (Wildman–Crippen MR) is 162 cm³/mol. The fourth-order valence-electron chi connectivity index (χ4n) is 6.89. The standard InChI is InChI=1S/C35H44N2O6/c1-25-35(34(40)41-2)20-29(18-32(38)36-21-26-12-6-3-7-13-26)33(39)37(22-27-14-8-4-9-15-27)31(35)19-30(43-25)24-42-23-28-16-10-5-11-17-28/h4-5,8-11,14-17,19,25-26,29-30H,3,6-7,12-13,18,20-24H2,1-2H3,(H,36,38)/t25-,29+,30-,35+/m1/s1. The number of hydrogen-bond donors (Lipinski definition) is 1. The molecule has 2 heterocycles. The number of likely N-dealkylation sites (tertiary alicyclic amines) is 1. The lowest BCUT2D eigenvalue weighted by atomic mass is 9.66. The topological polar surface area (TPSA) is 94.2 Å². The van der Waals surface area contributed by atoms with Gasteiger partial charge in [-0.1, -0.05) is 79.9 Å². The molecule has 1 N–H and O–H groups in total. The Morgan fingerprint density at radius 3 is 2.35 bits per heavy atom. The van der Waals surface area contributed by atoms with E-state index >= 15 is 0 Å². The van der Waals surface area contributed by atoms with Gasteiger partial charge in [0.1, 0.15) is 11.5 Å². The Labute approximate surface area is 254 Å². The molecule has 2 aromatic rings. The second-order valence-electron chi connectivity index (χ2n) is 12.2. The van der Waals surface area contributed by atoms with Gasteiger partial charge in [-0.15, -0.1) is 0 Å². The van der Waals surface area contributed by atoms with E-state index in [1.807, 2.05) is 73.7 Å². The third-order valence-corrected chi connectivity index (χ3v) is 9.22. The Hall–Kier alpha value is -3.49. The maximum atomic E-state index is 14.2. The Bertz CT molecular complexity index is 1280. The average molecular weight is 589 g/mol. The Morgan fingerprint density at radius 1 is 1.00 bits per heavy atom. The highest BCUT2D eigenvalue weighted by molar-refractivity contribution is 5.92. The van der Waals surface area contributed by atoms with Crippen LogP contribution in [0.5, 0.6) is 0 Å². The van der Waals surface area contributed by atoms with Gasteiger partial charge in [-0.3, -0.25) is 14.4 Å². The van der Waals surface area contributed by atoms with Crippen molar-refractivity contribution in [2.24, 2.45) is 17.3 Å². The van der Waals surface area contributed by atoms with Crippen LogP contribution in [0.25, 0.3) is 0 Å². The van der Waals surface area contributed by atoms with Gasteiger partial charge in [0.25, 0.3) is 0 Å². The number of carbonyl (C=O) groups excluding carboxylic acids is 3. The monoisotopic (exact) mass is 588 g/mol. The third-order valence-electron chi connectivity index (χ3n) is 9.22. The number of nitrogens with one attached hydrogen (secondary N) is 1. The van der Waals surface area contributed by atoms with Crippen molar-refractivity contribution in [1.29, 1.82) is 0 Å². The van der Waals surface area contributed by atoms with E-state index in [-0.39, 0.29) is 37.8 Å². The van der Waals surface area contributed by atoms with Crippen molar-refractivity contribution in [3.8, 4) is 0 Å². The highest BCUT2D eigenvalue weighted by atomic mass is 16.5. The van der Waals surface area contributed by atoms with Crippen molar-refractivity contribution in [2.75, 3.05) is 20.3 Å². The van der Waals surface area contributed by atoms with Gasteiger partial charge in [0.05, 0.1) is 33.0 Å². The van der Waals surface area contributed by atoms with Crippen molar-refractivity contribution in [3.05, 3.63) is 83.6 Å². The number of benzene rings is 2. The Kier molecular flexibility index (Phi) is 10.3. The van der Waals surface area contributed by atoms with Crippen LogP contribution < -0.4 is 5.32 Å². The molecule has 2 aromatic carbocycles. The van der Waals surface area contributed by atoms with Gasteiger partial charge in [-0.25, -0.2) is 0 Å². The average Bonchev–Trinajstić information content (AvgIpc) is 3.03. The summed E-state index contributed by atoms with van der Waals surface area (Å²) in [7, 11) is 1.36. The van der Waals surface area contributed by atoms with Gasteiger partial charge in [0.2, 0.25) is 11.8 Å². The van der Waals surface area contributed by atoms with Gasteiger partial charge in [-0.2, -0.15) is 0 Å². The minimum atomic E-state index is -1.23. The van der Waals surface area contributed by atoms with Crippen molar-refractivity contribution >= 4 is 17.8 Å². The summed E-state index contributed by atoms with van der Waals surface area (Å²) >= 11 is 0. The molecule has 5 rings (SSSR count). The zero-order valence-electron chi connectivity index (χ0n) is 25.3. The summed E-state index contributed by atoms with van der Waals surface area (Å²) in [6.07, 6.45) is 6.83. The number of esters is 1. The van der Waals surface area contributed by atoms with Gasteiger partial charge in [0.15, 0.2) is 0 Å². The number of nitrogens with zero attached hydrogens (tertiary/aromatic N) is 1. The van der Waals surface area contributed by atoms with E-state index in [0.717, 1.165) is 24.0 Å². The number of piperidine rings is 1. The summed E-state index contributed by atoms with van der Waals surface area (Å²) in [5.41, 5.74) is 1.31. The molecule has 1 saturated heterocycles. The van der Waals surface area contributed by atoms with Crippen molar-refractivity contribution < 1.29 is 28.6 Å². The SMILES string of the molecule is COC(=O)[C@]12C[C@H](CC(=O)NCC3CCCCC3)C(=O)N(Cc3ccccc3)C1=C[C@H](COCc1ccccc1)O[C@@H]2C. The largest absolute Gasteiger partial charge is 0.468 e. The third kappa shape index (κ3) is 7.19. The normalized spacial score (nSPS) is 25.9. The van der Waals surface area contributed by atoms with Gasteiger partial charge in [0, 0.05) is 24.6 Å². The van der Waals surface area contributed by atoms with E-state index in [9.17, 15) is 14.4 Å². The lowest BCUT2D eigenvalue weighted by molar-refractivity contribution is -0.178. The number of ether oxygens (including phenoxy) is 3. The molecule has 2 aliphatic heterocycles. The second-order valence-corrected chi connectivity index (χ2v) is 12.2. The highest BCUT2D eigenvalue weighted by Gasteiger charge is 2.59. The first-order valence-corrected chi connectivity index (χ1v) is 15.6. The maximum Gasteiger partial charge on any atom is 0.320 e. The molecule has 1 aliphatic carbocycles. The van der Waals surface area contributed by atoms with E-state index in [2.05, 4.69) is 5.32 Å². The van der Waals surface area contributed by atoms with Crippen molar-refractivity contribution in [2.45, 2.75) is 77.2 Å². The van der Waals surface area contributed by atoms with E-state index in [4.69, 9.17) is 14.2 Å². The molecule has 0 aromatic heterocycles. The van der Waals surface area contributed by atoms with E-state index in [0.29, 0.717) is 24.8 Å². The minimum absolute atomic E-state index is 0.0131. The summed E-state index contributed by atoms with van der Waals surface area (Å²) < 4.78 is 17.8. The molecule has 230 valence electrons. The van der Waals surface area contributed by atoms with Crippen LogP contribution in [0.15, 0.2) is 72.4 Å². The molecule has 0 bridgehead atoms. The van der Waals surface area contributed by atoms with Crippen LogP contribution in [-0.4, -0.2) is 55.2 Å². The predicted octanol–water partition coefficient (Wildman–Crippen LogP) is 5.17. The maximum absolute atomic E-state index is 14.2. The molecule has 0 unspecified atom stereocenters. The summed E-state index contributed by atoms with van der Waals surface area (Å²) in [5, 5.41) is 3.08. The van der Waals surface area contributed by atoms with E-state index < -0.39 is 29.5 Å². The molecule has 43 heavy (non-hydrogen) atoms. The second kappa shape index (κ2) is 14.3. The summed E-state index contributed by atoms with van der Waals surface area (Å²) in [5.74, 6) is -0.998. The van der Waals surface area contributed by atoms with Gasteiger partial charge < -0.3 is 24.4 Å². The lowest BCUT2D eigenvalue weighted by Crippen LogP contribution is -2.60. The molecule has 0 radical (unpaired) electrons. The number of carbonyl (C=O) groups is 3. The zero-order chi connectivity index (χ0) is 30.2. The summed E-state index contributed by atoms with van der Waals surface area (Å²) in [4.78, 5) is 42.7. The zero-order valence-corrected chi connectivity index (χ0v) is 25.3. The first-order chi connectivity index (χ1) is 20.9. The highest BCUT2D eigenvalue weighted by Crippen LogP contribution is 2.50. The fraction of sp³-hybridized carbons (Fsp3) is 0.514. The van der Waals surface area contributed by atoms with Crippen LogP contribution >= 0.6 is 0 Å². The molecule has 8 heteroatoms. The first-order valence-electron chi connectivity index (χ1n) is 15.6. The number of hydrogen-bond acceptors (Lipinski definition) is 6. The van der Waals surface area contributed by atoms with Crippen LogP contribution in [0, 0.1) is 17.3 Å². The lowest BCUT2D eigenvalue weighted by Gasteiger charge is -2.51. The number of rotatable bonds is 11. The van der Waals surface area contributed by atoms with Crippen LogP contribution in [0.3, 0.4) is 0 Å². The molecule has 8 nitrogen and oxygen atoms in total. The number of fused-ring (bicyclic) bond motifs is 1. The quantitative estimate of drug-likeness (QED) is 0.364. The summed E-state index contributed by atoms with van der Waals surface area (Å²) in [6.45, 7) is 3.44. The van der Waals surface area contributed by atoms with Crippen LogP contribution in [0.2, 0.25) is 0 Å². The van der Waals surface area contributed by atoms with Gasteiger partial charge in [-0.05, 0) is 49.3 Å². The molecular formula is C35H44N2O6. The molecule has 1 saturated carbocycles. The molecule has 3 aliphatic rings. The first kappa shape index (κ1) is 31.0.